The van der Waals surface area contributed by atoms with Crippen molar-refractivity contribution in [2.45, 2.75) is 6.92 Å². The maximum Gasteiger partial charge on any atom is 1.00 e. The summed E-state index contributed by atoms with van der Waals surface area (Å²) in [6, 6.07) is 0. The maximum absolute atomic E-state index is 9.68. The van der Waals surface area contributed by atoms with Crippen LogP contribution in [0.1, 0.15) is 6.92 Å². The van der Waals surface area contributed by atoms with E-state index in [2.05, 4.69) is 6.58 Å². The van der Waals surface area contributed by atoms with E-state index in [1.807, 2.05) is 0 Å². The molecule has 0 aromatic carbocycles. The molecule has 0 aromatic rings. The fraction of sp³-hybridized carbons (Fsp3) is 0.333. The minimum atomic E-state index is -4.19. The van der Waals surface area contributed by atoms with Gasteiger partial charge in [0, 0.05) is 4.91 Å². The van der Waals surface area contributed by atoms with Crippen molar-refractivity contribution in [2.24, 2.45) is 0 Å². The third-order valence-electron chi connectivity index (χ3n) is 0.427. The van der Waals surface area contributed by atoms with E-state index in [1.54, 1.807) is 0 Å². The Hall–Kier alpha value is 0.102. The van der Waals surface area contributed by atoms with E-state index in [0.717, 1.165) is 6.92 Å². The molecule has 0 N–H and O–H groups in total. The van der Waals surface area contributed by atoms with Crippen LogP contribution in [0.25, 0.3) is 0 Å². The molecule has 0 rings (SSSR count). The van der Waals surface area contributed by atoms with Crippen LogP contribution in [0.4, 0.5) is 12.9 Å². The monoisotopic (exact) mass is 196 g/mol. The molecule has 12 heavy (non-hydrogen) atoms. The largest absolute Gasteiger partial charge is 1.00 e. The first-order chi connectivity index (χ1) is 4.68. The van der Waals surface area contributed by atoms with Crippen LogP contribution in [-0.4, -0.2) is 20.5 Å². The second kappa shape index (κ2) is 7.74. The van der Waals surface area contributed by atoms with Gasteiger partial charge in [0.2, 0.25) is 0 Å². The van der Waals surface area contributed by atoms with Crippen molar-refractivity contribution < 1.29 is 44.8 Å². The van der Waals surface area contributed by atoms with Crippen molar-refractivity contribution in [1.29, 1.82) is 0 Å². The quantitative estimate of drug-likeness (QED) is 0.358. The molecule has 66 valence electrons. The van der Waals surface area contributed by atoms with Gasteiger partial charge >= 0.3 is 26.4 Å². The SMILES string of the molecule is C=C(C)S(=O)(=O)[O-].FB(F)F.[Li+]. The average Bonchev–Trinajstić information content (AvgIpc) is 1.59. The summed E-state index contributed by atoms with van der Waals surface area (Å²) in [6.07, 6.45) is 0. The molecule has 0 unspecified atom stereocenters. The van der Waals surface area contributed by atoms with E-state index in [1.165, 1.54) is 0 Å². The van der Waals surface area contributed by atoms with E-state index >= 15 is 0 Å². The molecule has 0 bridgehead atoms. The summed E-state index contributed by atoms with van der Waals surface area (Å²) in [5, 5.41) is 0. The zero-order valence-corrected chi connectivity index (χ0v) is 7.37. The summed E-state index contributed by atoms with van der Waals surface area (Å²) < 4.78 is 58.0. The molecule has 9 heteroatoms. The molecule has 0 radical (unpaired) electrons. The molecule has 0 aliphatic carbocycles. The third kappa shape index (κ3) is 22.5. The van der Waals surface area contributed by atoms with Crippen LogP contribution in [0, 0.1) is 0 Å². The fourth-order valence-electron chi connectivity index (χ4n) is 0. The van der Waals surface area contributed by atoms with Gasteiger partial charge in [-0.2, -0.15) is 0 Å². The number of hydrogen-bond acceptors (Lipinski definition) is 3. The van der Waals surface area contributed by atoms with Gasteiger partial charge in [-0.3, -0.25) is 12.9 Å². The Balaban J connectivity index is -0.000000142. The van der Waals surface area contributed by atoms with Crippen molar-refractivity contribution >= 4 is 17.7 Å². The smallest absolute Gasteiger partial charge is 0.744 e. The molecule has 0 saturated carbocycles. The van der Waals surface area contributed by atoms with Crippen LogP contribution in [0.3, 0.4) is 0 Å². The Bertz CT molecular complexity index is 214. The second-order valence-electron chi connectivity index (χ2n) is 1.40. The van der Waals surface area contributed by atoms with Crippen molar-refractivity contribution in [2.75, 3.05) is 0 Å². The van der Waals surface area contributed by atoms with Gasteiger partial charge in [0.05, 0.1) is 0 Å². The fourth-order valence-corrected chi connectivity index (χ4v) is 0. The van der Waals surface area contributed by atoms with Crippen LogP contribution < -0.4 is 18.9 Å². The molecule has 0 aliphatic heterocycles. The molecule has 0 heterocycles. The Morgan fingerprint density at radius 1 is 1.42 bits per heavy atom. The Morgan fingerprint density at radius 2 is 1.50 bits per heavy atom. The molecular formula is C3H5BF3LiO3S. The van der Waals surface area contributed by atoms with Gasteiger partial charge in [-0.15, -0.1) is 0 Å². The Morgan fingerprint density at radius 3 is 1.50 bits per heavy atom. The topological polar surface area (TPSA) is 57.2 Å². The number of rotatable bonds is 1. The van der Waals surface area contributed by atoms with Crippen molar-refractivity contribution in [1.82, 2.24) is 0 Å². The van der Waals surface area contributed by atoms with Gasteiger partial charge < -0.3 is 4.55 Å². The molecule has 0 atom stereocenters. The summed E-state index contributed by atoms with van der Waals surface area (Å²) in [4.78, 5) is -0.340. The van der Waals surface area contributed by atoms with Gasteiger partial charge in [0.1, 0.15) is 10.1 Å². The van der Waals surface area contributed by atoms with Crippen LogP contribution in [0.5, 0.6) is 0 Å². The summed E-state index contributed by atoms with van der Waals surface area (Å²) in [7, 11) is -7.85. The van der Waals surface area contributed by atoms with E-state index in [0.29, 0.717) is 0 Å². The van der Waals surface area contributed by atoms with Crippen LogP contribution in [0.15, 0.2) is 11.5 Å². The minimum absolute atomic E-state index is 0. The average molecular weight is 196 g/mol. The first-order valence-electron chi connectivity index (χ1n) is 2.21. The predicted octanol–water partition coefficient (Wildman–Crippen LogP) is -2.05. The van der Waals surface area contributed by atoms with E-state index in [9.17, 15) is 25.9 Å². The molecule has 3 nitrogen and oxygen atoms in total. The standard InChI is InChI=1S/C3H6O3S.BF3.Li/c1-3(2)7(4,5)6;2-1(3)4;/h1H2,2H3,(H,4,5,6);;/q;;+1/p-1. The van der Waals surface area contributed by atoms with E-state index in [-0.39, 0.29) is 23.8 Å². The molecule has 0 aromatic heterocycles. The summed E-state index contributed by atoms with van der Waals surface area (Å²) in [5.74, 6) is 0. The van der Waals surface area contributed by atoms with Gasteiger partial charge in [-0.05, 0) is 6.92 Å². The third-order valence-corrected chi connectivity index (χ3v) is 1.28. The van der Waals surface area contributed by atoms with Crippen molar-refractivity contribution in [3.8, 4) is 0 Å². The molecular weight excluding hydrogens is 191 g/mol. The Kier molecular flexibility index (Phi) is 11.6. The molecule has 0 aliphatic rings. The van der Waals surface area contributed by atoms with Crippen molar-refractivity contribution in [3.05, 3.63) is 11.5 Å². The number of allylic oxidation sites excluding steroid dienone is 1. The molecule has 0 fully saturated rings. The zero-order valence-electron chi connectivity index (χ0n) is 6.55. The summed E-state index contributed by atoms with van der Waals surface area (Å²) in [6.45, 7) is 4.08. The minimum Gasteiger partial charge on any atom is -0.744 e. The van der Waals surface area contributed by atoms with Crippen molar-refractivity contribution in [3.63, 3.8) is 0 Å². The van der Waals surface area contributed by atoms with Crippen LogP contribution >= 0.6 is 0 Å². The first-order valence-corrected chi connectivity index (χ1v) is 3.62. The van der Waals surface area contributed by atoms with Crippen LogP contribution in [0.2, 0.25) is 0 Å². The summed E-state index contributed by atoms with van der Waals surface area (Å²) >= 11 is 0. The Labute approximate surface area is 81.2 Å². The van der Waals surface area contributed by atoms with E-state index < -0.39 is 17.7 Å². The van der Waals surface area contributed by atoms with Gasteiger partial charge in [-0.25, -0.2) is 8.42 Å². The zero-order chi connectivity index (χ0) is 9.65. The number of hydrogen-bond donors (Lipinski definition) is 0. The molecule has 0 saturated heterocycles. The molecule has 0 spiro atoms. The number of halogens is 3. The van der Waals surface area contributed by atoms with Gasteiger partial charge in [0.15, 0.2) is 0 Å². The van der Waals surface area contributed by atoms with E-state index in [4.69, 9.17) is 0 Å². The van der Waals surface area contributed by atoms with Gasteiger partial charge in [-0.1, -0.05) is 6.58 Å². The normalized spacial score (nSPS) is 8.75. The van der Waals surface area contributed by atoms with Crippen LogP contribution in [-0.2, 0) is 10.1 Å². The maximum atomic E-state index is 9.68. The molecule has 0 amide bonds. The summed E-state index contributed by atoms with van der Waals surface area (Å²) in [5.41, 5.74) is 0. The second-order valence-corrected chi connectivity index (χ2v) is 3.01. The predicted molar refractivity (Wildman–Crippen MR) is 33.6 cm³/mol. The van der Waals surface area contributed by atoms with Gasteiger partial charge in [0.25, 0.3) is 0 Å². The first kappa shape index (κ1) is 18.0.